The molecule has 5 aromatic rings. The van der Waals surface area contributed by atoms with Crippen molar-refractivity contribution in [1.82, 2.24) is 53.2 Å². The maximum Gasteiger partial charge on any atom is 0.339 e. The van der Waals surface area contributed by atoms with E-state index in [1.165, 1.54) is 51.2 Å². The van der Waals surface area contributed by atoms with Crippen molar-refractivity contribution in [2.45, 2.75) is 266 Å². The lowest BCUT2D eigenvalue weighted by atomic mass is 9.54. The molecular formula is C90H119ClN11O26P. The van der Waals surface area contributed by atoms with Gasteiger partial charge in [-0.25, -0.2) is 0 Å². The zero-order valence-corrected chi connectivity index (χ0v) is 74.4. The lowest BCUT2D eigenvalue weighted by molar-refractivity contribution is -0.286. The number of phenolic OH excluding ortho intramolecular Hbond substituents is 3. The minimum absolute atomic E-state index is 0.00845. The molecule has 1 saturated heterocycles. The first kappa shape index (κ1) is 96.9. The molecule has 702 valence electrons. The predicted molar refractivity (Wildman–Crippen MR) is 464 cm³/mol. The Labute approximate surface area is 750 Å². The molecule has 11 aliphatic rings. The fourth-order valence-electron chi connectivity index (χ4n) is 19.6. The van der Waals surface area contributed by atoms with Gasteiger partial charge in [0.05, 0.1) is 47.6 Å². The largest absolute Gasteiger partial charge is 0.507 e. The number of hydrogen-bond acceptors (Lipinski definition) is 27. The first-order valence-corrected chi connectivity index (χ1v) is 46.4. The number of rotatable bonds is 26. The third kappa shape index (κ3) is 22.2. The van der Waals surface area contributed by atoms with Gasteiger partial charge in [-0.1, -0.05) is 89.1 Å². The van der Waals surface area contributed by atoms with Crippen LogP contribution in [0.2, 0.25) is 5.02 Å². The van der Waals surface area contributed by atoms with Crippen molar-refractivity contribution >= 4 is 72.4 Å². The van der Waals surface area contributed by atoms with Crippen molar-refractivity contribution in [1.29, 1.82) is 0 Å². The molecule has 39 heteroatoms. The van der Waals surface area contributed by atoms with Crippen LogP contribution in [0, 0.1) is 42.4 Å². The summed E-state index contributed by atoms with van der Waals surface area (Å²) in [5.74, 6) is -15.5. The Balaban J connectivity index is 1.02. The molecule has 5 saturated carbocycles. The number of unbranched alkanes of at least 4 members (excludes halogenated alkanes) is 6. The molecular weight excluding hydrogens is 1720 g/mol. The zero-order chi connectivity index (χ0) is 93.1. The molecule has 37 nitrogen and oxygen atoms in total. The Morgan fingerprint density at radius 3 is 1.95 bits per heavy atom. The van der Waals surface area contributed by atoms with Crippen LogP contribution < -0.4 is 73.1 Å². The second-order valence-corrected chi connectivity index (χ2v) is 38.6. The van der Waals surface area contributed by atoms with E-state index in [0.717, 1.165) is 107 Å². The Morgan fingerprint density at radius 2 is 1.32 bits per heavy atom. The van der Waals surface area contributed by atoms with Crippen molar-refractivity contribution in [2.24, 2.45) is 41.2 Å². The van der Waals surface area contributed by atoms with Crippen LogP contribution >= 0.6 is 19.2 Å². The van der Waals surface area contributed by atoms with Crippen LogP contribution in [-0.2, 0) is 63.7 Å². The van der Waals surface area contributed by atoms with Crippen molar-refractivity contribution in [2.75, 3.05) is 19.9 Å². The molecule has 18 atom stereocenters. The summed E-state index contributed by atoms with van der Waals surface area (Å²) in [6.45, 7) is 8.89. The number of carbonyl (C=O) groups is 9. The molecule has 5 aliphatic carbocycles. The number of halogens is 1. The van der Waals surface area contributed by atoms with Crippen LogP contribution in [0.3, 0.4) is 0 Å². The SMILES string of the molecule is CCCCCCCCCC(=O)NC(=O)C[C@@H]1NC(=O)[C@H](NC(=O)[C@@H](CC(C)C)NC)[C@H](O)c2ccc(c(C)c2)Oc2cc3cc(c2O[C@@H]2C[C@H](CO)[C@@H](O)[C@H](O)[C@H]2O[C@H]2C[C@](C)(N)[C@H](O)[C@H](C)O2)Oc2ccc(cc2Cl)[C@@H](O)[C@@H]2NC(=O)[C@H](NC(=O)[C@@H]3NC1=O)c1ccc(O)c(c1)-c1c(cc(O)c(CNCP(=O)(O)O)c1O)[C@@H](C(=O)NC1C3CC4CC(C3)CC1C4)NC2=O. The average molecular weight is 1840 g/mol. The molecule has 0 aromatic heterocycles. The number of aryl methyl sites for hydroxylation is 1. The second-order valence-electron chi connectivity index (χ2n) is 36.6. The number of nitrogens with one attached hydrogen (secondary N) is 10. The molecule has 23 N–H and O–H groups in total. The number of hydrogen-bond donors (Lipinski definition) is 22. The number of aromatic hydroxyl groups is 3. The van der Waals surface area contributed by atoms with Gasteiger partial charge >= 0.3 is 7.60 Å². The van der Waals surface area contributed by atoms with Gasteiger partial charge in [-0.05, 0) is 197 Å². The van der Waals surface area contributed by atoms with E-state index in [1.807, 2.05) is 13.8 Å². The van der Waals surface area contributed by atoms with Crippen molar-refractivity contribution < 1.29 is 127 Å². The Hall–Kier alpha value is -9.67. The van der Waals surface area contributed by atoms with Gasteiger partial charge in [0.25, 0.3) is 0 Å². The molecule has 15 bridgehead atoms. The highest BCUT2D eigenvalue weighted by Crippen LogP contribution is 2.55. The monoisotopic (exact) mass is 1840 g/mol. The summed E-state index contributed by atoms with van der Waals surface area (Å²) in [6, 6.07) is -0.648. The summed E-state index contributed by atoms with van der Waals surface area (Å²) in [6.07, 6.45) is -7.47. The minimum Gasteiger partial charge on any atom is -0.507 e. The molecule has 0 unspecified atom stereocenters. The van der Waals surface area contributed by atoms with Gasteiger partial charge in [0.2, 0.25) is 58.9 Å². The van der Waals surface area contributed by atoms with Gasteiger partial charge in [0.1, 0.15) is 95.5 Å². The van der Waals surface area contributed by atoms with Crippen LogP contribution in [0.4, 0.5) is 0 Å². The maximum absolute atomic E-state index is 16.8. The Bertz CT molecular complexity index is 5050. The van der Waals surface area contributed by atoms with E-state index < -0.39 is 269 Å². The highest BCUT2D eigenvalue weighted by Gasteiger charge is 2.53. The third-order valence-electron chi connectivity index (χ3n) is 26.3. The molecule has 129 heavy (non-hydrogen) atoms. The molecule has 6 fully saturated rings. The molecule has 16 rings (SSSR count). The lowest BCUT2D eigenvalue weighted by Gasteiger charge is -2.54. The van der Waals surface area contributed by atoms with Gasteiger partial charge in [-0.15, -0.1) is 0 Å². The number of aliphatic hydroxyl groups is 6. The summed E-state index contributed by atoms with van der Waals surface area (Å²) >= 11 is 7.35. The van der Waals surface area contributed by atoms with Crippen molar-refractivity contribution in [3.63, 3.8) is 0 Å². The van der Waals surface area contributed by atoms with E-state index in [9.17, 15) is 74.7 Å². The summed E-state index contributed by atoms with van der Waals surface area (Å²) in [4.78, 5) is 159. The first-order valence-electron chi connectivity index (χ1n) is 44.2. The lowest BCUT2D eigenvalue weighted by Crippen LogP contribution is -2.63. The van der Waals surface area contributed by atoms with Gasteiger partial charge in [0, 0.05) is 54.6 Å². The summed E-state index contributed by atoms with van der Waals surface area (Å²) < 4.78 is 45.9. The standard InChI is InChI=1S/C90H119ClN11O26P/c1-8-9-10-11-12-13-14-15-65(106)96-66(107)35-57-84(115)98-71-50-31-62(125-60-20-17-46(23-41(60)4)75(108)73(88(119)95-57)101-83(114)56(93-7)22-40(2)3)80(127-64-33-51(38-103)77(110)79(112)81(64)128-67-36-90(6,92)82(113)42(5)124-67)63(32-50)126-61-21-18-47(30-55(61)91)76(109)74-89(120)100-72(87(118)97-69-48-25-43-24-44(27-48)28-49(69)26-43)53-34-59(105)54(37-94-39-129(121,122)123)78(111)68(53)52-29-45(16-19-58(52)104)70(85(116)102-74)99-86(71)117/h16-21,23,29-32,34,40,42-44,48-49,51,56-57,64,67,69-77,79,81-82,93-94,103-105,108-113H,8-15,22,24-28,33,35-39,92H2,1-7H3,(H,95,119)(H,97,118)(H,98,115)(H,99,117)(H,100,120)(H,101,114)(H,102,116)(H,96,106,107)(H2,121,122,123)/t42-,43?,44?,48?,49?,51+,56+,57-,64+,67-,69?,70+,71+,72-,73+,74-,75+,76+,77+,79-,81-,82+,90-/m0/s1. The summed E-state index contributed by atoms with van der Waals surface area (Å²) in [7, 11) is -3.36. The number of likely N-dealkylation sites (N-methyl/N-ethyl adjacent to an activating group) is 1. The number of fused-ring (bicyclic) bond motifs is 15. The van der Waals surface area contributed by atoms with Gasteiger partial charge in [0.15, 0.2) is 17.8 Å². The number of carbonyl (C=O) groups excluding carboxylic acids is 9. The number of ether oxygens (including phenoxy) is 5. The highest BCUT2D eigenvalue weighted by molar-refractivity contribution is 7.51. The number of imide groups is 1. The van der Waals surface area contributed by atoms with Crippen LogP contribution in [0.15, 0.2) is 72.8 Å². The van der Waals surface area contributed by atoms with Crippen LogP contribution in [0.1, 0.15) is 213 Å². The number of benzene rings is 5. The topological polar surface area (TPSA) is 586 Å². The van der Waals surface area contributed by atoms with Gasteiger partial charge in [-0.3, -0.25) is 53.0 Å². The molecule has 6 heterocycles. The van der Waals surface area contributed by atoms with Crippen LogP contribution in [0.25, 0.3) is 11.1 Å². The first-order chi connectivity index (χ1) is 61.2. The van der Waals surface area contributed by atoms with Crippen molar-refractivity contribution in [3.8, 4) is 57.1 Å². The number of nitrogens with two attached hydrogens (primary N) is 1. The Kier molecular flexibility index (Phi) is 30.8. The maximum atomic E-state index is 16.8. The Morgan fingerprint density at radius 1 is 0.690 bits per heavy atom. The minimum atomic E-state index is -4.85. The quantitative estimate of drug-likeness (QED) is 0.0261. The average Bonchev–Trinajstić information content (AvgIpc) is 0.779. The second kappa shape index (κ2) is 41.0. The molecule has 6 aliphatic heterocycles. The van der Waals surface area contributed by atoms with E-state index in [1.54, 1.807) is 6.92 Å². The van der Waals surface area contributed by atoms with Gasteiger partial charge in [-0.2, -0.15) is 0 Å². The highest BCUT2D eigenvalue weighted by atomic mass is 35.5. The normalized spacial score (nSPS) is 30.0. The van der Waals surface area contributed by atoms with Crippen molar-refractivity contribution in [3.05, 3.63) is 117 Å². The number of aliphatic hydroxyl groups excluding tert-OH is 6. The van der Waals surface area contributed by atoms with E-state index in [-0.39, 0.29) is 77.2 Å². The summed E-state index contributed by atoms with van der Waals surface area (Å²) in [5, 5.41) is 135. The molecule has 9 amide bonds. The fraction of sp³-hybridized carbons (Fsp3) is 0.567. The number of amides is 9. The predicted octanol–water partition coefficient (Wildman–Crippen LogP) is 4.80. The van der Waals surface area contributed by atoms with E-state index in [0.29, 0.717) is 24.7 Å². The third-order valence-corrected chi connectivity index (χ3v) is 27.2. The number of phenols is 3. The smallest absolute Gasteiger partial charge is 0.339 e. The van der Waals surface area contributed by atoms with E-state index in [4.69, 9.17) is 41.0 Å². The van der Waals surface area contributed by atoms with Crippen LogP contribution in [-0.4, -0.2) is 208 Å². The van der Waals surface area contributed by atoms with E-state index in [2.05, 4.69) is 60.1 Å². The van der Waals surface area contributed by atoms with Gasteiger partial charge < -0.3 is 133 Å². The molecule has 0 radical (unpaired) electrons. The summed E-state index contributed by atoms with van der Waals surface area (Å²) in [5.41, 5.74) is 2.44. The zero-order valence-electron chi connectivity index (χ0n) is 72.8. The molecule has 5 aromatic carbocycles. The molecule has 0 spiro atoms. The fourth-order valence-corrected chi connectivity index (χ4v) is 20.3. The van der Waals surface area contributed by atoms with Crippen LogP contribution in [0.5, 0.6) is 46.0 Å². The van der Waals surface area contributed by atoms with E-state index >= 15 is 28.8 Å².